The average molecular weight is 323 g/mol. The molecule has 0 saturated carbocycles. The molecule has 1 fully saturated rings. The fraction of sp³-hybridized carbons (Fsp3) is 0.357. The standard InChI is InChI=1S/C14H18N3O4P/c1-10-9-15-6-7-17(10)13-4-2-3-11(16-13)14-12(5-8-21-14)22(18,19)20/h2-5,8,10,15H,6-7,9H2,1H3,(H2,18,19,20). The summed E-state index contributed by atoms with van der Waals surface area (Å²) in [5.74, 6) is 0.900. The first-order valence-corrected chi connectivity index (χ1v) is 8.66. The molecule has 22 heavy (non-hydrogen) atoms. The van der Waals surface area contributed by atoms with Gasteiger partial charge in [-0.2, -0.15) is 0 Å². The Morgan fingerprint density at radius 3 is 2.95 bits per heavy atom. The Morgan fingerprint density at radius 1 is 1.41 bits per heavy atom. The monoisotopic (exact) mass is 323 g/mol. The van der Waals surface area contributed by atoms with Crippen LogP contribution >= 0.6 is 7.60 Å². The number of hydrogen-bond donors (Lipinski definition) is 3. The molecule has 3 rings (SSSR count). The molecular weight excluding hydrogens is 305 g/mol. The van der Waals surface area contributed by atoms with E-state index in [4.69, 9.17) is 4.42 Å². The zero-order chi connectivity index (χ0) is 15.7. The van der Waals surface area contributed by atoms with Crippen molar-refractivity contribution in [3.8, 4) is 11.5 Å². The minimum Gasteiger partial charge on any atom is -0.462 e. The predicted molar refractivity (Wildman–Crippen MR) is 83.3 cm³/mol. The van der Waals surface area contributed by atoms with E-state index in [0.29, 0.717) is 11.7 Å². The van der Waals surface area contributed by atoms with Gasteiger partial charge in [0.05, 0.1) is 6.26 Å². The molecule has 118 valence electrons. The molecule has 2 aromatic heterocycles. The number of aromatic nitrogens is 1. The molecule has 3 heterocycles. The lowest BCUT2D eigenvalue weighted by molar-refractivity contribution is 0.387. The van der Waals surface area contributed by atoms with Crippen LogP contribution in [0.15, 0.2) is 34.9 Å². The number of nitrogens with one attached hydrogen (secondary N) is 1. The number of hydrogen-bond acceptors (Lipinski definition) is 5. The van der Waals surface area contributed by atoms with E-state index in [9.17, 15) is 14.4 Å². The van der Waals surface area contributed by atoms with Gasteiger partial charge in [-0.1, -0.05) is 6.07 Å². The van der Waals surface area contributed by atoms with E-state index in [1.165, 1.54) is 12.3 Å². The van der Waals surface area contributed by atoms with E-state index in [2.05, 4.69) is 22.1 Å². The maximum atomic E-state index is 11.5. The fourth-order valence-electron chi connectivity index (χ4n) is 2.61. The summed E-state index contributed by atoms with van der Waals surface area (Å²) in [5.41, 5.74) is 0.423. The molecule has 1 atom stereocenters. The second-order valence-corrected chi connectivity index (χ2v) is 6.88. The molecule has 3 N–H and O–H groups in total. The topological polar surface area (TPSA) is 98.8 Å². The Morgan fingerprint density at radius 2 is 2.23 bits per heavy atom. The SMILES string of the molecule is CC1CNCCN1c1cccc(-c2occc2P(=O)(O)O)n1. The van der Waals surface area contributed by atoms with Crippen LogP contribution in [0, 0.1) is 0 Å². The summed E-state index contributed by atoms with van der Waals surface area (Å²) in [4.78, 5) is 25.5. The van der Waals surface area contributed by atoms with Gasteiger partial charge in [-0.15, -0.1) is 0 Å². The summed E-state index contributed by atoms with van der Waals surface area (Å²) in [6.07, 6.45) is 1.27. The molecule has 0 bridgehead atoms. The van der Waals surface area contributed by atoms with Gasteiger partial charge in [-0.3, -0.25) is 4.57 Å². The molecule has 0 amide bonds. The van der Waals surface area contributed by atoms with Gasteiger partial charge in [0, 0.05) is 25.7 Å². The Bertz CT molecular complexity index is 712. The lowest BCUT2D eigenvalue weighted by Gasteiger charge is -2.35. The molecule has 0 radical (unpaired) electrons. The Kier molecular flexibility index (Phi) is 4.06. The Balaban J connectivity index is 1.98. The zero-order valence-corrected chi connectivity index (χ0v) is 13.0. The summed E-state index contributed by atoms with van der Waals surface area (Å²) < 4.78 is 16.8. The first kappa shape index (κ1) is 15.2. The lowest BCUT2D eigenvalue weighted by atomic mass is 10.2. The second-order valence-electron chi connectivity index (χ2n) is 5.31. The van der Waals surface area contributed by atoms with Crippen molar-refractivity contribution in [3.05, 3.63) is 30.5 Å². The molecule has 1 unspecified atom stereocenters. The van der Waals surface area contributed by atoms with Crippen molar-refractivity contribution in [1.82, 2.24) is 10.3 Å². The van der Waals surface area contributed by atoms with Crippen molar-refractivity contribution >= 4 is 18.7 Å². The molecule has 2 aromatic rings. The van der Waals surface area contributed by atoms with Crippen LogP contribution in [-0.2, 0) is 4.57 Å². The van der Waals surface area contributed by atoms with Crippen LogP contribution < -0.4 is 15.5 Å². The number of rotatable bonds is 3. The van der Waals surface area contributed by atoms with Gasteiger partial charge in [0.2, 0.25) is 0 Å². The summed E-state index contributed by atoms with van der Waals surface area (Å²) in [5, 5.41) is 3.18. The predicted octanol–water partition coefficient (Wildman–Crippen LogP) is 0.943. The van der Waals surface area contributed by atoms with Crippen molar-refractivity contribution < 1.29 is 18.8 Å². The third-order valence-corrected chi connectivity index (χ3v) is 4.70. The first-order chi connectivity index (χ1) is 10.5. The minimum atomic E-state index is -4.39. The average Bonchev–Trinajstić information content (AvgIpc) is 2.97. The lowest BCUT2D eigenvalue weighted by Crippen LogP contribution is -2.50. The number of pyridine rings is 1. The highest BCUT2D eigenvalue weighted by Gasteiger charge is 2.26. The molecular formula is C14H18N3O4P. The van der Waals surface area contributed by atoms with E-state index < -0.39 is 7.60 Å². The highest BCUT2D eigenvalue weighted by Crippen LogP contribution is 2.38. The molecule has 1 saturated heterocycles. The number of anilines is 1. The van der Waals surface area contributed by atoms with Gasteiger partial charge in [-0.25, -0.2) is 4.98 Å². The van der Waals surface area contributed by atoms with Gasteiger partial charge in [-0.05, 0) is 25.1 Å². The van der Waals surface area contributed by atoms with Crippen LogP contribution in [0.2, 0.25) is 0 Å². The number of furan rings is 1. The molecule has 1 aliphatic rings. The third-order valence-electron chi connectivity index (χ3n) is 3.72. The van der Waals surface area contributed by atoms with Gasteiger partial charge in [0.25, 0.3) is 0 Å². The van der Waals surface area contributed by atoms with Crippen molar-refractivity contribution in [2.45, 2.75) is 13.0 Å². The van der Waals surface area contributed by atoms with Gasteiger partial charge in [0.1, 0.15) is 16.8 Å². The van der Waals surface area contributed by atoms with Crippen LogP contribution in [0.1, 0.15) is 6.92 Å². The zero-order valence-electron chi connectivity index (χ0n) is 12.1. The largest absolute Gasteiger partial charge is 0.462 e. The third kappa shape index (κ3) is 2.94. The van der Waals surface area contributed by atoms with Crippen molar-refractivity contribution in [2.24, 2.45) is 0 Å². The van der Waals surface area contributed by atoms with Crippen LogP contribution in [-0.4, -0.2) is 40.4 Å². The van der Waals surface area contributed by atoms with Crippen LogP contribution in [0.5, 0.6) is 0 Å². The Labute approximate surface area is 128 Å². The van der Waals surface area contributed by atoms with Crippen molar-refractivity contribution in [2.75, 3.05) is 24.5 Å². The number of piperazine rings is 1. The van der Waals surface area contributed by atoms with Crippen LogP contribution in [0.25, 0.3) is 11.5 Å². The molecule has 7 nitrogen and oxygen atoms in total. The van der Waals surface area contributed by atoms with Crippen molar-refractivity contribution in [1.29, 1.82) is 0 Å². The maximum absolute atomic E-state index is 11.5. The minimum absolute atomic E-state index is 0.123. The van der Waals surface area contributed by atoms with Crippen LogP contribution in [0.4, 0.5) is 5.82 Å². The molecule has 1 aliphatic heterocycles. The summed E-state index contributed by atoms with van der Waals surface area (Å²) in [7, 11) is -4.39. The van der Waals surface area contributed by atoms with Crippen LogP contribution in [0.3, 0.4) is 0 Å². The van der Waals surface area contributed by atoms with E-state index in [1.807, 2.05) is 12.1 Å². The molecule has 8 heteroatoms. The smallest absolute Gasteiger partial charge is 0.360 e. The summed E-state index contributed by atoms with van der Waals surface area (Å²) in [6.45, 7) is 4.70. The van der Waals surface area contributed by atoms with E-state index >= 15 is 0 Å². The quantitative estimate of drug-likeness (QED) is 0.723. The second kappa shape index (κ2) is 5.85. The highest BCUT2D eigenvalue weighted by molar-refractivity contribution is 7.60. The first-order valence-electron chi connectivity index (χ1n) is 7.05. The summed E-state index contributed by atoms with van der Waals surface area (Å²) >= 11 is 0. The molecule has 0 spiro atoms. The molecule has 0 aromatic carbocycles. The van der Waals surface area contributed by atoms with E-state index in [1.54, 1.807) is 6.07 Å². The maximum Gasteiger partial charge on any atom is 0.360 e. The van der Waals surface area contributed by atoms with Gasteiger partial charge >= 0.3 is 7.60 Å². The fourth-order valence-corrected chi connectivity index (χ4v) is 3.30. The van der Waals surface area contributed by atoms with E-state index in [0.717, 1.165) is 25.5 Å². The highest BCUT2D eigenvalue weighted by atomic mass is 31.2. The molecule has 0 aliphatic carbocycles. The summed E-state index contributed by atoms with van der Waals surface area (Å²) in [6, 6.07) is 6.99. The van der Waals surface area contributed by atoms with Crippen molar-refractivity contribution in [3.63, 3.8) is 0 Å². The van der Waals surface area contributed by atoms with Gasteiger partial charge in [0.15, 0.2) is 5.76 Å². The Hall–Kier alpha value is -1.66. The van der Waals surface area contributed by atoms with E-state index in [-0.39, 0.29) is 11.1 Å². The number of nitrogens with zero attached hydrogens (tertiary/aromatic N) is 2. The normalized spacial score (nSPS) is 19.4. The van der Waals surface area contributed by atoms with Gasteiger partial charge < -0.3 is 24.4 Å².